The molecule has 0 aromatic rings. The van der Waals surface area contributed by atoms with Crippen LogP contribution in [0.25, 0.3) is 0 Å². The lowest BCUT2D eigenvalue weighted by atomic mass is 10.2. The minimum absolute atomic E-state index is 0.0265. The maximum atomic E-state index is 11.3. The molecule has 0 rings (SSSR count). The summed E-state index contributed by atoms with van der Waals surface area (Å²) in [6.45, 7) is 6.87. The van der Waals surface area contributed by atoms with Crippen molar-refractivity contribution in [3.63, 3.8) is 0 Å². The van der Waals surface area contributed by atoms with Gasteiger partial charge in [0.15, 0.2) is 0 Å². The largest absolute Gasteiger partial charge is 0.352 e. The molecule has 0 aliphatic heterocycles. The van der Waals surface area contributed by atoms with Gasteiger partial charge in [0.2, 0.25) is 5.91 Å². The van der Waals surface area contributed by atoms with Gasteiger partial charge in [0.25, 0.3) is 0 Å². The number of rotatable bonds is 8. The van der Waals surface area contributed by atoms with Crippen molar-refractivity contribution in [3.05, 3.63) is 48.6 Å². The number of carbonyl (C=O) groups excluding carboxylic acids is 1. The van der Waals surface area contributed by atoms with Gasteiger partial charge in [-0.15, -0.1) is 0 Å². The number of hydrogen-bond acceptors (Lipinski definition) is 1. The Kier molecular flexibility index (Phi) is 10.9. The molecule has 2 nitrogen and oxygen atoms in total. The van der Waals surface area contributed by atoms with Crippen molar-refractivity contribution in [3.8, 4) is 0 Å². The summed E-state index contributed by atoms with van der Waals surface area (Å²) in [6, 6.07) is 0. The first-order valence-corrected chi connectivity index (χ1v) is 6.55. The van der Waals surface area contributed by atoms with Crippen LogP contribution in [0.3, 0.4) is 0 Å². The molecular weight excluding hydrogens is 222 g/mol. The number of unbranched alkanes of at least 4 members (excludes halogenated alkanes) is 1. The Balaban J connectivity index is 3.64. The molecule has 0 atom stereocenters. The molecule has 1 amide bonds. The average molecular weight is 247 g/mol. The van der Waals surface area contributed by atoms with E-state index in [0.29, 0.717) is 5.92 Å². The van der Waals surface area contributed by atoms with E-state index in [-0.39, 0.29) is 5.91 Å². The highest BCUT2D eigenvalue weighted by atomic mass is 16.1. The summed E-state index contributed by atoms with van der Waals surface area (Å²) in [5, 5.41) is 2.83. The van der Waals surface area contributed by atoms with Crippen LogP contribution in [0, 0.1) is 5.92 Å². The van der Waals surface area contributed by atoms with Gasteiger partial charge in [-0.2, -0.15) is 0 Å². The first-order chi connectivity index (χ1) is 8.66. The van der Waals surface area contributed by atoms with Gasteiger partial charge < -0.3 is 5.32 Å². The lowest BCUT2D eigenvalue weighted by Gasteiger charge is -2.03. The quantitative estimate of drug-likeness (QED) is 0.395. The zero-order valence-corrected chi connectivity index (χ0v) is 11.7. The van der Waals surface area contributed by atoms with Gasteiger partial charge in [-0.25, -0.2) is 0 Å². The molecule has 0 spiro atoms. The highest BCUT2D eigenvalue weighted by molar-refractivity contribution is 5.87. The predicted molar refractivity (Wildman–Crippen MR) is 79.3 cm³/mol. The Hall–Kier alpha value is -1.57. The van der Waals surface area contributed by atoms with Crippen molar-refractivity contribution in [2.75, 3.05) is 6.54 Å². The van der Waals surface area contributed by atoms with Gasteiger partial charge in [-0.3, -0.25) is 4.79 Å². The molecule has 0 saturated heterocycles. The van der Waals surface area contributed by atoms with Crippen molar-refractivity contribution in [2.45, 2.75) is 33.6 Å². The topological polar surface area (TPSA) is 29.1 Å². The average Bonchev–Trinajstić information content (AvgIpc) is 2.34. The first kappa shape index (κ1) is 16.4. The normalized spacial score (nSPS) is 12.7. The molecule has 1 N–H and O–H groups in total. The highest BCUT2D eigenvalue weighted by Gasteiger charge is 1.95. The van der Waals surface area contributed by atoms with Gasteiger partial charge in [0.1, 0.15) is 0 Å². The molecule has 0 fully saturated rings. The second-order valence-corrected chi connectivity index (χ2v) is 4.46. The van der Waals surface area contributed by atoms with Crippen LogP contribution < -0.4 is 5.32 Å². The molecule has 0 radical (unpaired) electrons. The third kappa shape index (κ3) is 12.5. The van der Waals surface area contributed by atoms with E-state index in [4.69, 9.17) is 0 Å². The monoisotopic (exact) mass is 247 g/mol. The molecular formula is C16H25NO. The summed E-state index contributed by atoms with van der Waals surface area (Å²) in [4.78, 5) is 11.3. The Morgan fingerprint density at radius 2 is 1.67 bits per heavy atom. The molecule has 0 heterocycles. The zero-order chi connectivity index (χ0) is 13.6. The van der Waals surface area contributed by atoms with Crippen LogP contribution in [0.5, 0.6) is 0 Å². The van der Waals surface area contributed by atoms with Crippen molar-refractivity contribution >= 4 is 5.91 Å². The van der Waals surface area contributed by atoms with Gasteiger partial charge >= 0.3 is 0 Å². The van der Waals surface area contributed by atoms with E-state index in [0.717, 1.165) is 19.4 Å². The van der Waals surface area contributed by atoms with E-state index in [1.165, 1.54) is 0 Å². The van der Waals surface area contributed by atoms with Crippen LogP contribution in [0.4, 0.5) is 0 Å². The number of amides is 1. The van der Waals surface area contributed by atoms with E-state index in [2.05, 4.69) is 31.3 Å². The maximum Gasteiger partial charge on any atom is 0.243 e. The molecule has 2 heteroatoms. The van der Waals surface area contributed by atoms with Crippen LogP contribution in [0.2, 0.25) is 0 Å². The first-order valence-electron chi connectivity index (χ1n) is 6.55. The maximum absolute atomic E-state index is 11.3. The summed E-state index contributed by atoms with van der Waals surface area (Å²) >= 11 is 0. The lowest BCUT2D eigenvalue weighted by Crippen LogP contribution is -2.25. The second kappa shape index (κ2) is 11.9. The van der Waals surface area contributed by atoms with E-state index in [1.54, 1.807) is 12.2 Å². The molecule has 18 heavy (non-hydrogen) atoms. The van der Waals surface area contributed by atoms with Crippen LogP contribution in [0.1, 0.15) is 33.6 Å². The van der Waals surface area contributed by atoms with E-state index >= 15 is 0 Å². The third-order valence-electron chi connectivity index (χ3n) is 2.12. The predicted octanol–water partition coefficient (Wildman–Crippen LogP) is 3.78. The summed E-state index contributed by atoms with van der Waals surface area (Å²) in [6.07, 6.45) is 17.5. The van der Waals surface area contributed by atoms with Gasteiger partial charge in [0, 0.05) is 12.6 Å². The van der Waals surface area contributed by atoms with Gasteiger partial charge in [-0.1, -0.05) is 56.4 Å². The smallest absolute Gasteiger partial charge is 0.243 e. The molecule has 0 saturated carbocycles. The fraction of sp³-hybridized carbons (Fsp3) is 0.438. The fourth-order valence-corrected chi connectivity index (χ4v) is 1.16. The standard InChI is InChI=1S/C16H25NO/c1-4-5-6-7-8-9-10-11-12-13-16(18)17-14-15(2)3/h4-7,10-13,15H,8-9,14H2,1-3H3,(H,17,18)/b5-4+,7-6-,11-10+,13-12+. The molecule has 100 valence electrons. The molecule has 0 bridgehead atoms. The molecule has 0 aliphatic rings. The van der Waals surface area contributed by atoms with Crippen molar-refractivity contribution < 1.29 is 4.79 Å². The van der Waals surface area contributed by atoms with Gasteiger partial charge in [0.05, 0.1) is 0 Å². The zero-order valence-electron chi connectivity index (χ0n) is 11.7. The summed E-state index contributed by atoms with van der Waals surface area (Å²) in [5.74, 6) is 0.461. The molecule has 0 aromatic carbocycles. The lowest BCUT2D eigenvalue weighted by molar-refractivity contribution is -0.116. The fourth-order valence-electron chi connectivity index (χ4n) is 1.16. The van der Waals surface area contributed by atoms with E-state index < -0.39 is 0 Å². The Bertz CT molecular complexity index is 322. The van der Waals surface area contributed by atoms with E-state index in [1.807, 2.05) is 31.2 Å². The van der Waals surface area contributed by atoms with Gasteiger partial charge in [-0.05, 0) is 25.7 Å². The van der Waals surface area contributed by atoms with Crippen LogP contribution in [-0.4, -0.2) is 12.5 Å². The van der Waals surface area contributed by atoms with Crippen molar-refractivity contribution in [1.29, 1.82) is 0 Å². The van der Waals surface area contributed by atoms with Crippen LogP contribution in [-0.2, 0) is 4.79 Å². The minimum atomic E-state index is -0.0265. The summed E-state index contributed by atoms with van der Waals surface area (Å²) in [5.41, 5.74) is 0. The molecule has 0 unspecified atom stereocenters. The number of nitrogens with one attached hydrogen (secondary N) is 1. The van der Waals surface area contributed by atoms with Crippen LogP contribution >= 0.6 is 0 Å². The van der Waals surface area contributed by atoms with Crippen LogP contribution in [0.15, 0.2) is 48.6 Å². The Morgan fingerprint density at radius 3 is 2.22 bits per heavy atom. The summed E-state index contributed by atoms with van der Waals surface area (Å²) < 4.78 is 0. The molecule has 0 aliphatic carbocycles. The SMILES string of the molecule is C/C=C/C=C\CC/C=C/C=C/C(=O)NCC(C)C. The van der Waals surface area contributed by atoms with Crippen molar-refractivity contribution in [2.24, 2.45) is 5.92 Å². The number of carbonyl (C=O) groups is 1. The summed E-state index contributed by atoms with van der Waals surface area (Å²) in [7, 11) is 0. The molecule has 0 aromatic heterocycles. The second-order valence-electron chi connectivity index (χ2n) is 4.46. The van der Waals surface area contributed by atoms with Crippen molar-refractivity contribution in [1.82, 2.24) is 5.32 Å². The number of allylic oxidation sites excluding steroid dienone is 7. The Morgan fingerprint density at radius 1 is 1.06 bits per heavy atom. The third-order valence-corrected chi connectivity index (χ3v) is 2.12. The highest BCUT2D eigenvalue weighted by Crippen LogP contribution is 1.94. The minimum Gasteiger partial charge on any atom is -0.352 e. The van der Waals surface area contributed by atoms with E-state index in [9.17, 15) is 4.79 Å². The number of hydrogen-bond donors (Lipinski definition) is 1. The Labute approximate surface area is 111 Å².